The molecule has 0 rings (SSSR count). The Hall–Kier alpha value is -0.810. The first kappa shape index (κ1) is 15.2. The summed E-state index contributed by atoms with van der Waals surface area (Å²) in [6, 6.07) is 2.18. The normalized spacial score (nSPS) is 10.8. The molecule has 0 aromatic heterocycles. The monoisotopic (exact) mass is 222 g/mol. The zero-order chi connectivity index (χ0) is 11.9. The average Bonchev–Trinajstić information content (AvgIpc) is 2.31. The molecule has 92 valence electrons. The maximum atomic E-state index is 8.36. The Morgan fingerprint density at radius 3 is 2.00 bits per heavy atom. The summed E-state index contributed by atoms with van der Waals surface area (Å²) in [6.45, 7) is 0.816. The highest BCUT2D eigenvalue weighted by atomic mass is 14.5. The first-order valence-corrected chi connectivity index (χ1v) is 6.64. The van der Waals surface area contributed by atoms with Crippen molar-refractivity contribution in [2.75, 3.05) is 6.54 Å². The molecule has 0 aromatic rings. The smallest absolute Gasteiger partial charge is 0.0621 e. The summed E-state index contributed by atoms with van der Waals surface area (Å²) in [5.74, 6) is 0. The molecule has 0 aliphatic rings. The highest BCUT2D eigenvalue weighted by Crippen LogP contribution is 2.07. The third-order valence-electron chi connectivity index (χ3n) is 2.65. The number of unbranched alkanes of at least 4 members (excludes halogenated alkanes) is 8. The van der Waals surface area contributed by atoms with Gasteiger partial charge in [0.15, 0.2) is 0 Å². The van der Waals surface area contributed by atoms with Gasteiger partial charge in [-0.1, -0.05) is 31.4 Å². The van der Waals surface area contributed by atoms with Gasteiger partial charge in [-0.15, -0.1) is 0 Å². The van der Waals surface area contributed by atoms with Crippen LogP contribution in [0, 0.1) is 11.3 Å². The molecule has 0 unspecified atom stereocenters. The minimum Gasteiger partial charge on any atom is -0.330 e. The predicted octanol–water partition coefficient (Wildman–Crippen LogP) is 3.93. The number of nitrogens with two attached hydrogens (primary N) is 1. The molecule has 0 bridgehead atoms. The van der Waals surface area contributed by atoms with Gasteiger partial charge < -0.3 is 5.73 Å². The lowest BCUT2D eigenvalue weighted by molar-refractivity contribution is 0.623. The van der Waals surface area contributed by atoms with E-state index in [1.165, 1.54) is 44.9 Å². The molecule has 0 saturated heterocycles. The lowest BCUT2D eigenvalue weighted by atomic mass is 10.1. The molecule has 0 saturated carbocycles. The lowest BCUT2D eigenvalue weighted by Gasteiger charge is -1.97. The topological polar surface area (TPSA) is 49.8 Å². The Bertz CT molecular complexity index is 191. The van der Waals surface area contributed by atoms with Crippen molar-refractivity contribution in [3.8, 4) is 6.07 Å². The van der Waals surface area contributed by atoms with Crippen molar-refractivity contribution in [1.82, 2.24) is 0 Å². The summed E-state index contributed by atoms with van der Waals surface area (Å²) < 4.78 is 0. The molecule has 0 aliphatic heterocycles. The van der Waals surface area contributed by atoms with Crippen LogP contribution >= 0.6 is 0 Å². The molecular weight excluding hydrogens is 196 g/mol. The highest BCUT2D eigenvalue weighted by molar-refractivity contribution is 4.81. The summed E-state index contributed by atoms with van der Waals surface area (Å²) in [5, 5.41) is 8.36. The molecule has 0 aromatic carbocycles. The minimum absolute atomic E-state index is 0.723. The minimum atomic E-state index is 0.723. The second kappa shape index (κ2) is 14.2. The highest BCUT2D eigenvalue weighted by Gasteiger charge is 1.89. The van der Waals surface area contributed by atoms with Crippen molar-refractivity contribution in [2.24, 2.45) is 5.73 Å². The van der Waals surface area contributed by atoms with Gasteiger partial charge in [-0.05, 0) is 45.1 Å². The SMILES string of the molecule is N#CCCCCCCC/C=C\CCCCN. The van der Waals surface area contributed by atoms with E-state index >= 15 is 0 Å². The predicted molar refractivity (Wildman–Crippen MR) is 70.0 cm³/mol. The van der Waals surface area contributed by atoms with Crippen molar-refractivity contribution in [2.45, 2.75) is 64.2 Å². The zero-order valence-corrected chi connectivity index (χ0v) is 10.5. The molecule has 0 heterocycles. The number of hydrogen-bond acceptors (Lipinski definition) is 2. The number of hydrogen-bond donors (Lipinski definition) is 1. The molecule has 0 spiro atoms. The fourth-order valence-corrected chi connectivity index (χ4v) is 1.64. The molecule has 16 heavy (non-hydrogen) atoms. The number of nitrogens with zero attached hydrogens (tertiary/aromatic N) is 1. The molecule has 0 fully saturated rings. The summed E-state index contributed by atoms with van der Waals surface area (Å²) >= 11 is 0. The average molecular weight is 222 g/mol. The van der Waals surface area contributed by atoms with Crippen LogP contribution in [0.5, 0.6) is 0 Å². The number of nitriles is 1. The van der Waals surface area contributed by atoms with Crippen molar-refractivity contribution in [3.63, 3.8) is 0 Å². The Balaban J connectivity index is 3.00. The molecule has 0 atom stereocenters. The van der Waals surface area contributed by atoms with Crippen LogP contribution in [0.1, 0.15) is 64.2 Å². The summed E-state index contributed by atoms with van der Waals surface area (Å²) in [5.41, 5.74) is 5.41. The first-order valence-electron chi connectivity index (χ1n) is 6.64. The van der Waals surface area contributed by atoms with Crippen molar-refractivity contribution in [1.29, 1.82) is 5.26 Å². The molecular formula is C14H26N2. The van der Waals surface area contributed by atoms with Gasteiger partial charge >= 0.3 is 0 Å². The van der Waals surface area contributed by atoms with Crippen LogP contribution in [-0.2, 0) is 0 Å². The van der Waals surface area contributed by atoms with Gasteiger partial charge in [0, 0.05) is 6.42 Å². The standard InChI is InChI=1S/C14H26N2/c15-13-11-9-7-5-3-1-2-4-6-8-10-12-14-16/h3,5H,1-2,4,6-13,15H2/b5-3-. The quantitative estimate of drug-likeness (QED) is 0.425. The van der Waals surface area contributed by atoms with E-state index in [-0.39, 0.29) is 0 Å². The van der Waals surface area contributed by atoms with Crippen molar-refractivity contribution < 1.29 is 0 Å². The van der Waals surface area contributed by atoms with Crippen LogP contribution < -0.4 is 5.73 Å². The van der Waals surface area contributed by atoms with Gasteiger partial charge in [-0.25, -0.2) is 0 Å². The van der Waals surface area contributed by atoms with E-state index in [1.54, 1.807) is 0 Å². The van der Waals surface area contributed by atoms with E-state index in [4.69, 9.17) is 11.0 Å². The summed E-state index contributed by atoms with van der Waals surface area (Å²) in [6.07, 6.45) is 16.2. The van der Waals surface area contributed by atoms with E-state index in [0.717, 1.165) is 25.8 Å². The Morgan fingerprint density at radius 1 is 0.812 bits per heavy atom. The van der Waals surface area contributed by atoms with Gasteiger partial charge in [-0.2, -0.15) is 5.26 Å². The van der Waals surface area contributed by atoms with E-state index < -0.39 is 0 Å². The lowest BCUT2D eigenvalue weighted by Crippen LogP contribution is -1.96. The third kappa shape index (κ3) is 13.2. The van der Waals surface area contributed by atoms with Crippen molar-refractivity contribution in [3.05, 3.63) is 12.2 Å². The molecule has 0 amide bonds. The van der Waals surface area contributed by atoms with Crippen LogP contribution in [0.25, 0.3) is 0 Å². The van der Waals surface area contributed by atoms with E-state index in [9.17, 15) is 0 Å². The summed E-state index contributed by atoms with van der Waals surface area (Å²) in [7, 11) is 0. The molecule has 0 aliphatic carbocycles. The zero-order valence-electron chi connectivity index (χ0n) is 10.5. The summed E-state index contributed by atoms with van der Waals surface area (Å²) in [4.78, 5) is 0. The fourth-order valence-electron chi connectivity index (χ4n) is 1.64. The van der Waals surface area contributed by atoms with Gasteiger partial charge in [0.05, 0.1) is 6.07 Å². The number of allylic oxidation sites excluding steroid dienone is 2. The second-order valence-electron chi connectivity index (χ2n) is 4.22. The third-order valence-corrected chi connectivity index (χ3v) is 2.65. The number of rotatable bonds is 11. The molecule has 2 nitrogen and oxygen atoms in total. The first-order chi connectivity index (χ1) is 7.91. The van der Waals surface area contributed by atoms with Crippen LogP contribution in [-0.4, -0.2) is 6.54 Å². The largest absolute Gasteiger partial charge is 0.330 e. The van der Waals surface area contributed by atoms with Gasteiger partial charge in [0.2, 0.25) is 0 Å². The Labute approximate surface area is 101 Å². The fraction of sp³-hybridized carbons (Fsp3) is 0.786. The van der Waals surface area contributed by atoms with E-state index in [0.29, 0.717) is 0 Å². The Morgan fingerprint density at radius 2 is 1.38 bits per heavy atom. The second-order valence-corrected chi connectivity index (χ2v) is 4.22. The van der Waals surface area contributed by atoms with E-state index in [1.807, 2.05) is 0 Å². The molecule has 2 N–H and O–H groups in total. The van der Waals surface area contributed by atoms with Crippen LogP contribution in [0.2, 0.25) is 0 Å². The molecule has 2 heteroatoms. The Kier molecular flexibility index (Phi) is 13.5. The van der Waals surface area contributed by atoms with Crippen LogP contribution in [0.3, 0.4) is 0 Å². The maximum Gasteiger partial charge on any atom is 0.0621 e. The maximum absolute atomic E-state index is 8.36. The van der Waals surface area contributed by atoms with E-state index in [2.05, 4.69) is 18.2 Å². The van der Waals surface area contributed by atoms with Gasteiger partial charge in [0.1, 0.15) is 0 Å². The molecule has 0 radical (unpaired) electrons. The van der Waals surface area contributed by atoms with Gasteiger partial charge in [0.25, 0.3) is 0 Å². The van der Waals surface area contributed by atoms with Gasteiger partial charge in [-0.3, -0.25) is 0 Å². The van der Waals surface area contributed by atoms with Crippen molar-refractivity contribution >= 4 is 0 Å². The van der Waals surface area contributed by atoms with Crippen LogP contribution in [0.4, 0.5) is 0 Å². The van der Waals surface area contributed by atoms with Crippen LogP contribution in [0.15, 0.2) is 12.2 Å².